The van der Waals surface area contributed by atoms with Gasteiger partial charge in [-0.25, -0.2) is 0 Å². The number of halogens is 3. The molecule has 0 amide bonds. The van der Waals surface area contributed by atoms with E-state index in [-0.39, 0.29) is 12.6 Å². The van der Waals surface area contributed by atoms with Crippen LogP contribution in [0.4, 0.5) is 19.2 Å². The van der Waals surface area contributed by atoms with Crippen LogP contribution in [0.5, 0.6) is 0 Å². The molecule has 0 aliphatic carbocycles. The Morgan fingerprint density at radius 1 is 1.32 bits per heavy atom. The van der Waals surface area contributed by atoms with Crippen LogP contribution in [-0.4, -0.2) is 36.5 Å². The van der Waals surface area contributed by atoms with Crippen molar-refractivity contribution in [2.75, 3.05) is 25.0 Å². The summed E-state index contributed by atoms with van der Waals surface area (Å²) >= 11 is 0. The van der Waals surface area contributed by atoms with Crippen molar-refractivity contribution in [1.82, 2.24) is 15.5 Å². The van der Waals surface area contributed by atoms with E-state index in [4.69, 9.17) is 4.42 Å². The van der Waals surface area contributed by atoms with Gasteiger partial charge in [-0.2, -0.15) is 13.2 Å². The fourth-order valence-electron chi connectivity index (χ4n) is 1.33. The molecule has 8 heteroatoms. The molecule has 0 atom stereocenters. The first-order valence-corrected chi connectivity index (χ1v) is 6.09. The topological polar surface area (TPSA) is 54.2 Å². The van der Waals surface area contributed by atoms with Crippen molar-refractivity contribution in [3.05, 3.63) is 5.89 Å². The van der Waals surface area contributed by atoms with Gasteiger partial charge >= 0.3 is 12.2 Å². The lowest BCUT2D eigenvalue weighted by atomic mass is 10.2. The second-order valence-corrected chi connectivity index (χ2v) is 4.79. The zero-order valence-electron chi connectivity index (χ0n) is 11.3. The smallest absolute Gasteiger partial charge is 0.390 e. The van der Waals surface area contributed by atoms with Crippen molar-refractivity contribution in [2.24, 2.45) is 5.92 Å². The number of aromatic nitrogens is 2. The van der Waals surface area contributed by atoms with Crippen molar-refractivity contribution in [2.45, 2.75) is 33.0 Å². The highest BCUT2D eigenvalue weighted by Gasteiger charge is 2.28. The fraction of sp³-hybridized carbons (Fsp3) is 0.818. The second kappa shape index (κ2) is 6.74. The van der Waals surface area contributed by atoms with Crippen LogP contribution in [0, 0.1) is 5.92 Å². The van der Waals surface area contributed by atoms with Crippen LogP contribution in [0.15, 0.2) is 4.42 Å². The van der Waals surface area contributed by atoms with Gasteiger partial charge < -0.3 is 14.6 Å². The summed E-state index contributed by atoms with van der Waals surface area (Å²) in [5, 5.41) is 10.6. The number of anilines is 1. The summed E-state index contributed by atoms with van der Waals surface area (Å²) in [6.07, 6.45) is -5.09. The molecular weight excluding hydrogens is 261 g/mol. The monoisotopic (exact) mass is 280 g/mol. The largest absolute Gasteiger partial charge is 0.407 e. The van der Waals surface area contributed by atoms with Gasteiger partial charge in [0.1, 0.15) is 0 Å². The first kappa shape index (κ1) is 15.7. The van der Waals surface area contributed by atoms with Gasteiger partial charge in [0.25, 0.3) is 0 Å². The van der Waals surface area contributed by atoms with Crippen molar-refractivity contribution in [3.8, 4) is 0 Å². The summed E-state index contributed by atoms with van der Waals surface area (Å²) < 4.78 is 41.5. The van der Waals surface area contributed by atoms with E-state index in [0.717, 1.165) is 6.54 Å². The predicted octanol–water partition coefficient (Wildman–Crippen LogP) is 2.20. The lowest BCUT2D eigenvalue weighted by Crippen LogP contribution is -2.24. The first-order valence-electron chi connectivity index (χ1n) is 6.09. The maximum Gasteiger partial charge on any atom is 0.390 e. The minimum atomic E-state index is -4.18. The van der Waals surface area contributed by atoms with Gasteiger partial charge in [0.05, 0.1) is 13.0 Å². The Kier molecular flexibility index (Phi) is 5.59. The third-order valence-electron chi connectivity index (χ3n) is 2.34. The molecule has 1 rings (SSSR count). The number of rotatable bonds is 7. The highest BCUT2D eigenvalue weighted by Crippen LogP contribution is 2.21. The molecule has 0 saturated carbocycles. The molecule has 0 saturated heterocycles. The van der Waals surface area contributed by atoms with E-state index in [2.05, 4.69) is 29.4 Å². The Labute approximate surface area is 110 Å². The zero-order chi connectivity index (χ0) is 14.5. The van der Waals surface area contributed by atoms with E-state index in [9.17, 15) is 13.2 Å². The summed E-state index contributed by atoms with van der Waals surface area (Å²) in [4.78, 5) is 1.30. The van der Waals surface area contributed by atoms with Crippen molar-refractivity contribution in [1.29, 1.82) is 0 Å². The molecule has 1 aromatic rings. The van der Waals surface area contributed by atoms with E-state index in [1.165, 1.54) is 11.9 Å². The highest BCUT2D eigenvalue weighted by atomic mass is 19.4. The van der Waals surface area contributed by atoms with Gasteiger partial charge in [-0.15, -0.1) is 5.10 Å². The molecule has 19 heavy (non-hydrogen) atoms. The Hall–Kier alpha value is -1.31. The number of nitrogens with zero attached hydrogens (tertiary/aromatic N) is 3. The Morgan fingerprint density at radius 2 is 2.00 bits per heavy atom. The Balaban J connectivity index is 2.40. The molecule has 0 bridgehead atoms. The summed E-state index contributed by atoms with van der Waals surface area (Å²) in [7, 11) is 1.49. The lowest BCUT2D eigenvalue weighted by molar-refractivity contribution is -0.132. The summed E-state index contributed by atoms with van der Waals surface area (Å²) in [6, 6.07) is 0.102. The van der Waals surface area contributed by atoms with Crippen LogP contribution in [0.25, 0.3) is 0 Å². The normalized spacial score (nSPS) is 12.2. The maximum absolute atomic E-state index is 12.1. The molecule has 0 spiro atoms. The van der Waals surface area contributed by atoms with Crippen LogP contribution in [0.3, 0.4) is 0 Å². The SMILES string of the molecule is CC(C)CNCc1nnc(N(C)CCC(F)(F)F)o1. The quantitative estimate of drug-likeness (QED) is 0.830. The van der Waals surface area contributed by atoms with Gasteiger partial charge in [-0.05, 0) is 12.5 Å². The molecule has 110 valence electrons. The summed E-state index contributed by atoms with van der Waals surface area (Å²) in [5.74, 6) is 0.867. The maximum atomic E-state index is 12.1. The minimum Gasteiger partial charge on any atom is -0.407 e. The van der Waals surface area contributed by atoms with Gasteiger partial charge in [0, 0.05) is 13.6 Å². The molecule has 0 aliphatic heterocycles. The molecule has 0 fully saturated rings. The zero-order valence-corrected chi connectivity index (χ0v) is 11.3. The fourth-order valence-corrected chi connectivity index (χ4v) is 1.33. The van der Waals surface area contributed by atoms with E-state index in [1.54, 1.807) is 0 Å². The molecule has 0 unspecified atom stereocenters. The third kappa shape index (κ3) is 6.42. The standard InChI is InChI=1S/C11H19F3N4O/c1-8(2)6-15-7-9-16-17-10(19-9)18(3)5-4-11(12,13)14/h8,15H,4-7H2,1-3H3. The Morgan fingerprint density at radius 3 is 2.58 bits per heavy atom. The molecule has 0 radical (unpaired) electrons. The van der Waals surface area contributed by atoms with Gasteiger partial charge in [0.2, 0.25) is 5.89 Å². The molecule has 1 aromatic heterocycles. The molecule has 1 N–H and O–H groups in total. The van der Waals surface area contributed by atoms with E-state index in [1.807, 2.05) is 0 Å². The van der Waals surface area contributed by atoms with E-state index < -0.39 is 12.6 Å². The average molecular weight is 280 g/mol. The number of hydrogen-bond donors (Lipinski definition) is 1. The minimum absolute atomic E-state index is 0.102. The van der Waals surface area contributed by atoms with Crippen LogP contribution < -0.4 is 10.2 Å². The summed E-state index contributed by atoms with van der Waals surface area (Å²) in [6.45, 7) is 5.15. The van der Waals surface area contributed by atoms with E-state index >= 15 is 0 Å². The van der Waals surface area contributed by atoms with Crippen LogP contribution >= 0.6 is 0 Å². The number of nitrogens with one attached hydrogen (secondary N) is 1. The van der Waals surface area contributed by atoms with Crippen LogP contribution in [0.2, 0.25) is 0 Å². The lowest BCUT2D eigenvalue weighted by Gasteiger charge is -2.14. The van der Waals surface area contributed by atoms with Gasteiger partial charge in [-0.1, -0.05) is 18.9 Å². The molecule has 1 heterocycles. The first-order chi connectivity index (χ1) is 8.78. The molecule has 0 aliphatic rings. The average Bonchev–Trinajstić information content (AvgIpc) is 2.73. The molecule has 0 aromatic carbocycles. The Bertz CT molecular complexity index is 378. The second-order valence-electron chi connectivity index (χ2n) is 4.79. The van der Waals surface area contributed by atoms with Gasteiger partial charge in [-0.3, -0.25) is 0 Å². The van der Waals surface area contributed by atoms with Crippen molar-refractivity contribution >= 4 is 6.01 Å². The molecular formula is C11H19F3N4O. The van der Waals surface area contributed by atoms with Crippen molar-refractivity contribution < 1.29 is 17.6 Å². The van der Waals surface area contributed by atoms with E-state index in [0.29, 0.717) is 18.4 Å². The number of hydrogen-bond acceptors (Lipinski definition) is 5. The van der Waals surface area contributed by atoms with Gasteiger partial charge in [0.15, 0.2) is 0 Å². The highest BCUT2D eigenvalue weighted by molar-refractivity contribution is 5.21. The predicted molar refractivity (Wildman–Crippen MR) is 64.8 cm³/mol. The third-order valence-corrected chi connectivity index (χ3v) is 2.34. The molecule has 5 nitrogen and oxygen atoms in total. The van der Waals surface area contributed by atoms with Crippen LogP contribution in [-0.2, 0) is 6.54 Å². The van der Waals surface area contributed by atoms with Crippen LogP contribution in [0.1, 0.15) is 26.2 Å². The number of alkyl halides is 3. The van der Waals surface area contributed by atoms with Crippen molar-refractivity contribution in [3.63, 3.8) is 0 Å². The summed E-state index contributed by atoms with van der Waals surface area (Å²) in [5.41, 5.74) is 0.